The quantitative estimate of drug-likeness (QED) is 0.475. The van der Waals surface area contributed by atoms with Gasteiger partial charge in [0.05, 0.1) is 21.8 Å². The van der Waals surface area contributed by atoms with Gasteiger partial charge in [-0.2, -0.15) is 4.31 Å². The second kappa shape index (κ2) is 10.3. The number of benzene rings is 2. The summed E-state index contributed by atoms with van der Waals surface area (Å²) in [5, 5.41) is 2.95. The average Bonchev–Trinajstić information content (AvgIpc) is 3.24. The van der Waals surface area contributed by atoms with E-state index < -0.39 is 10.0 Å². The van der Waals surface area contributed by atoms with E-state index in [1.165, 1.54) is 22.5 Å². The lowest BCUT2D eigenvalue weighted by Crippen LogP contribution is -2.30. The van der Waals surface area contributed by atoms with Gasteiger partial charge in [0.25, 0.3) is 0 Å². The minimum absolute atomic E-state index is 0.0799. The van der Waals surface area contributed by atoms with Crippen LogP contribution >= 0.6 is 11.6 Å². The Morgan fingerprint density at radius 1 is 1.12 bits per heavy atom. The predicted molar refractivity (Wildman–Crippen MR) is 125 cm³/mol. The number of sulfonamides is 1. The molecule has 32 heavy (non-hydrogen) atoms. The van der Waals surface area contributed by atoms with E-state index in [0.29, 0.717) is 31.2 Å². The highest BCUT2D eigenvalue weighted by atomic mass is 35.5. The maximum absolute atomic E-state index is 12.7. The van der Waals surface area contributed by atoms with Gasteiger partial charge in [-0.05, 0) is 25.1 Å². The monoisotopic (exact) mass is 475 g/mol. The van der Waals surface area contributed by atoms with Crippen LogP contribution in [0.3, 0.4) is 0 Å². The van der Waals surface area contributed by atoms with Gasteiger partial charge in [-0.3, -0.25) is 4.79 Å². The van der Waals surface area contributed by atoms with Crippen molar-refractivity contribution < 1.29 is 17.6 Å². The Morgan fingerprint density at radius 2 is 1.81 bits per heavy atom. The van der Waals surface area contributed by atoms with Gasteiger partial charge < -0.3 is 9.73 Å². The van der Waals surface area contributed by atoms with Crippen molar-refractivity contribution >= 4 is 33.2 Å². The first-order valence-corrected chi connectivity index (χ1v) is 12.2. The Labute approximate surface area is 193 Å². The Kier molecular flexibility index (Phi) is 7.71. The summed E-state index contributed by atoms with van der Waals surface area (Å²) in [5.74, 6) is 0.761. The molecule has 1 N–H and O–H groups in total. The standard InChI is InChI=1S/C23H26ClN3O4S/c1-4-27(5-2)32(29,30)18-10-11-19(24)20(14-18)26-22(28)12-13-23-25-15-21(31-23)17-8-6-16(3)7-9-17/h6-11,14-15H,4-5,12-13H2,1-3H3,(H,26,28). The number of hydrogen-bond donors (Lipinski definition) is 1. The van der Waals surface area contributed by atoms with Crippen LogP contribution in [0.4, 0.5) is 5.69 Å². The number of nitrogens with one attached hydrogen (secondary N) is 1. The highest BCUT2D eigenvalue weighted by Gasteiger charge is 2.23. The number of aromatic nitrogens is 1. The molecule has 0 aliphatic carbocycles. The zero-order chi connectivity index (χ0) is 23.3. The zero-order valence-corrected chi connectivity index (χ0v) is 19.8. The van der Waals surface area contributed by atoms with Crippen LogP contribution in [-0.2, 0) is 21.2 Å². The molecule has 0 fully saturated rings. The van der Waals surface area contributed by atoms with Crippen molar-refractivity contribution in [3.05, 3.63) is 65.1 Å². The molecule has 3 aromatic rings. The fraction of sp³-hybridized carbons (Fsp3) is 0.304. The highest BCUT2D eigenvalue weighted by molar-refractivity contribution is 7.89. The van der Waals surface area contributed by atoms with Crippen LogP contribution in [0.2, 0.25) is 5.02 Å². The lowest BCUT2D eigenvalue weighted by atomic mass is 10.1. The molecule has 0 radical (unpaired) electrons. The van der Waals surface area contributed by atoms with Crippen molar-refractivity contribution in [2.24, 2.45) is 0 Å². The summed E-state index contributed by atoms with van der Waals surface area (Å²) in [6.07, 6.45) is 2.04. The highest BCUT2D eigenvalue weighted by Crippen LogP contribution is 2.27. The number of hydrogen-bond acceptors (Lipinski definition) is 5. The topological polar surface area (TPSA) is 92.5 Å². The van der Waals surface area contributed by atoms with Gasteiger partial charge in [-0.15, -0.1) is 0 Å². The largest absolute Gasteiger partial charge is 0.441 e. The lowest BCUT2D eigenvalue weighted by molar-refractivity contribution is -0.116. The van der Waals surface area contributed by atoms with Crippen molar-refractivity contribution in [3.63, 3.8) is 0 Å². The smallest absolute Gasteiger partial charge is 0.243 e. The molecule has 3 rings (SSSR count). The van der Waals surface area contributed by atoms with Crippen LogP contribution in [0.25, 0.3) is 11.3 Å². The Balaban J connectivity index is 1.66. The van der Waals surface area contributed by atoms with E-state index >= 15 is 0 Å². The molecule has 1 aromatic heterocycles. The van der Waals surface area contributed by atoms with Crippen molar-refractivity contribution in [2.45, 2.75) is 38.5 Å². The summed E-state index contributed by atoms with van der Waals surface area (Å²) in [6, 6.07) is 12.2. The number of oxazole rings is 1. The normalized spacial score (nSPS) is 11.7. The zero-order valence-electron chi connectivity index (χ0n) is 18.3. The molecule has 1 amide bonds. The van der Waals surface area contributed by atoms with Crippen LogP contribution in [-0.4, -0.2) is 36.7 Å². The molecule has 0 unspecified atom stereocenters. The number of carbonyl (C=O) groups is 1. The molecule has 170 valence electrons. The van der Waals surface area contributed by atoms with Gasteiger partial charge in [-0.1, -0.05) is 55.3 Å². The molecule has 7 nitrogen and oxygen atoms in total. The molecule has 2 aromatic carbocycles. The molecule has 0 aliphatic rings. The maximum atomic E-state index is 12.7. The summed E-state index contributed by atoms with van der Waals surface area (Å²) in [4.78, 5) is 16.8. The van der Waals surface area contributed by atoms with Crippen LogP contribution in [0, 0.1) is 6.92 Å². The van der Waals surface area contributed by atoms with E-state index in [1.54, 1.807) is 20.0 Å². The number of aryl methyl sites for hydroxylation is 2. The van der Waals surface area contributed by atoms with Gasteiger partial charge >= 0.3 is 0 Å². The second-order valence-corrected chi connectivity index (χ2v) is 9.61. The van der Waals surface area contributed by atoms with Gasteiger partial charge in [0.15, 0.2) is 11.7 Å². The van der Waals surface area contributed by atoms with E-state index in [-0.39, 0.29) is 27.9 Å². The number of halogens is 1. The fourth-order valence-electron chi connectivity index (χ4n) is 3.18. The van der Waals surface area contributed by atoms with Gasteiger partial charge in [0, 0.05) is 31.5 Å². The third kappa shape index (κ3) is 5.56. The summed E-state index contributed by atoms with van der Waals surface area (Å²) in [6.45, 7) is 6.25. The predicted octanol–water partition coefficient (Wildman–Crippen LogP) is 4.91. The first kappa shape index (κ1) is 24.0. The van der Waals surface area contributed by atoms with E-state index in [0.717, 1.165) is 11.1 Å². The van der Waals surface area contributed by atoms with Crippen LogP contribution in [0.5, 0.6) is 0 Å². The van der Waals surface area contributed by atoms with E-state index in [2.05, 4.69) is 10.3 Å². The van der Waals surface area contributed by atoms with E-state index in [4.69, 9.17) is 16.0 Å². The number of anilines is 1. The van der Waals surface area contributed by atoms with Crippen molar-refractivity contribution in [2.75, 3.05) is 18.4 Å². The van der Waals surface area contributed by atoms with Crippen LogP contribution < -0.4 is 5.32 Å². The maximum Gasteiger partial charge on any atom is 0.243 e. The van der Waals surface area contributed by atoms with Gasteiger partial charge in [0.1, 0.15) is 0 Å². The number of nitrogens with zero attached hydrogens (tertiary/aromatic N) is 2. The van der Waals surface area contributed by atoms with E-state index in [9.17, 15) is 13.2 Å². The van der Waals surface area contributed by atoms with Crippen molar-refractivity contribution in [3.8, 4) is 11.3 Å². The lowest BCUT2D eigenvalue weighted by Gasteiger charge is -2.19. The summed E-state index contributed by atoms with van der Waals surface area (Å²) in [5.41, 5.74) is 2.31. The first-order valence-electron chi connectivity index (χ1n) is 10.4. The van der Waals surface area contributed by atoms with E-state index in [1.807, 2.05) is 31.2 Å². The van der Waals surface area contributed by atoms with Crippen LogP contribution in [0.15, 0.2) is 58.0 Å². The van der Waals surface area contributed by atoms with Gasteiger partial charge in [0.2, 0.25) is 15.9 Å². The van der Waals surface area contributed by atoms with Crippen molar-refractivity contribution in [1.29, 1.82) is 0 Å². The molecular formula is C23H26ClN3O4S. The first-order chi connectivity index (χ1) is 15.2. The van der Waals surface area contributed by atoms with Crippen LogP contribution in [0.1, 0.15) is 31.7 Å². The average molecular weight is 476 g/mol. The number of carbonyl (C=O) groups excluding carboxylic acids is 1. The Bertz CT molecular complexity index is 1190. The van der Waals surface area contributed by atoms with Crippen molar-refractivity contribution in [1.82, 2.24) is 9.29 Å². The Morgan fingerprint density at radius 3 is 2.47 bits per heavy atom. The molecule has 0 atom stereocenters. The minimum atomic E-state index is -3.66. The summed E-state index contributed by atoms with van der Waals surface area (Å²) in [7, 11) is -3.66. The number of rotatable bonds is 9. The summed E-state index contributed by atoms with van der Waals surface area (Å²) < 4.78 is 32.6. The minimum Gasteiger partial charge on any atom is -0.441 e. The molecule has 1 heterocycles. The third-order valence-corrected chi connectivity index (χ3v) is 7.39. The molecule has 0 saturated heterocycles. The number of amides is 1. The Hall–Kier alpha value is -2.68. The second-order valence-electron chi connectivity index (χ2n) is 7.26. The third-order valence-electron chi connectivity index (χ3n) is 5.01. The fourth-order valence-corrected chi connectivity index (χ4v) is 4.83. The molecule has 0 aliphatic heterocycles. The molecule has 0 spiro atoms. The summed E-state index contributed by atoms with van der Waals surface area (Å²) >= 11 is 6.18. The molecule has 9 heteroatoms. The molecule has 0 bridgehead atoms. The van der Waals surface area contributed by atoms with Gasteiger partial charge in [-0.25, -0.2) is 13.4 Å². The molecular weight excluding hydrogens is 450 g/mol. The molecule has 0 saturated carbocycles. The SMILES string of the molecule is CCN(CC)S(=O)(=O)c1ccc(Cl)c(NC(=O)CCc2ncc(-c3ccc(C)cc3)o2)c1.